The van der Waals surface area contributed by atoms with Gasteiger partial charge in [-0.3, -0.25) is 0 Å². The number of thioether (sulfide) groups is 3. The van der Waals surface area contributed by atoms with Crippen molar-refractivity contribution >= 4 is 35.3 Å². The molecule has 0 spiro atoms. The first-order valence-electron chi connectivity index (χ1n) is 4.82. The maximum Gasteiger partial charge on any atom is 0.0263 e. The second kappa shape index (κ2) is 8.33. The summed E-state index contributed by atoms with van der Waals surface area (Å²) in [6.07, 6.45) is 3.49. The highest BCUT2D eigenvalue weighted by atomic mass is 32.2. The van der Waals surface area contributed by atoms with Crippen molar-refractivity contribution in [2.75, 3.05) is 42.4 Å². The summed E-state index contributed by atoms with van der Waals surface area (Å²) < 4.78 is 0. The number of hydrogen-bond donors (Lipinski definition) is 1. The van der Waals surface area contributed by atoms with E-state index in [4.69, 9.17) is 0 Å². The van der Waals surface area contributed by atoms with Crippen LogP contribution >= 0.6 is 35.3 Å². The van der Waals surface area contributed by atoms with Gasteiger partial charge in [0.2, 0.25) is 0 Å². The molecule has 0 bridgehead atoms. The summed E-state index contributed by atoms with van der Waals surface area (Å²) in [5.41, 5.74) is 0. The van der Waals surface area contributed by atoms with E-state index in [1.807, 2.05) is 11.8 Å². The average Bonchev–Trinajstić information content (AvgIpc) is 2.19. The van der Waals surface area contributed by atoms with Gasteiger partial charge in [0, 0.05) is 29.1 Å². The first kappa shape index (κ1) is 12.1. The Morgan fingerprint density at radius 1 is 1.46 bits per heavy atom. The molecule has 1 aliphatic heterocycles. The second-order valence-electron chi connectivity index (χ2n) is 3.12. The highest BCUT2D eigenvalue weighted by molar-refractivity contribution is 8.06. The van der Waals surface area contributed by atoms with E-state index in [0.717, 1.165) is 5.25 Å². The van der Waals surface area contributed by atoms with E-state index >= 15 is 0 Å². The lowest BCUT2D eigenvalue weighted by Gasteiger charge is -2.21. The molecule has 1 heterocycles. The van der Waals surface area contributed by atoms with Crippen molar-refractivity contribution in [1.82, 2.24) is 5.32 Å². The van der Waals surface area contributed by atoms with Crippen molar-refractivity contribution in [3.05, 3.63) is 0 Å². The molecule has 78 valence electrons. The van der Waals surface area contributed by atoms with E-state index in [0.29, 0.717) is 0 Å². The van der Waals surface area contributed by atoms with Gasteiger partial charge < -0.3 is 5.32 Å². The SMILES string of the molecule is CSCCCNCC1CSCCS1. The number of nitrogens with one attached hydrogen (secondary N) is 1. The van der Waals surface area contributed by atoms with Gasteiger partial charge in [-0.15, -0.1) is 0 Å². The summed E-state index contributed by atoms with van der Waals surface area (Å²) in [5, 5.41) is 4.41. The van der Waals surface area contributed by atoms with E-state index in [1.54, 1.807) is 0 Å². The van der Waals surface area contributed by atoms with Crippen LogP contribution in [0.5, 0.6) is 0 Å². The molecule has 13 heavy (non-hydrogen) atoms. The third-order valence-electron chi connectivity index (χ3n) is 1.96. The Labute approximate surface area is 94.6 Å². The normalized spacial score (nSPS) is 23.3. The first-order chi connectivity index (χ1) is 6.43. The van der Waals surface area contributed by atoms with Crippen LogP contribution in [0.1, 0.15) is 6.42 Å². The molecule has 0 aromatic heterocycles. The molecule has 1 fully saturated rings. The van der Waals surface area contributed by atoms with Crippen LogP contribution in [0.4, 0.5) is 0 Å². The maximum absolute atomic E-state index is 3.54. The lowest BCUT2D eigenvalue weighted by molar-refractivity contribution is 0.674. The zero-order valence-electron chi connectivity index (χ0n) is 8.25. The van der Waals surface area contributed by atoms with E-state index in [9.17, 15) is 0 Å². The van der Waals surface area contributed by atoms with Gasteiger partial charge in [-0.25, -0.2) is 0 Å². The number of hydrogen-bond acceptors (Lipinski definition) is 4. The van der Waals surface area contributed by atoms with E-state index < -0.39 is 0 Å². The van der Waals surface area contributed by atoms with E-state index in [1.165, 1.54) is 42.5 Å². The molecule has 0 aromatic rings. The van der Waals surface area contributed by atoms with E-state index in [2.05, 4.69) is 35.1 Å². The van der Waals surface area contributed by atoms with E-state index in [-0.39, 0.29) is 0 Å². The van der Waals surface area contributed by atoms with Gasteiger partial charge in [-0.05, 0) is 25.0 Å². The van der Waals surface area contributed by atoms with Crippen LogP contribution in [0, 0.1) is 0 Å². The molecule has 0 amide bonds. The summed E-state index contributed by atoms with van der Waals surface area (Å²) >= 11 is 6.18. The van der Waals surface area contributed by atoms with Crippen LogP contribution in [0.25, 0.3) is 0 Å². The Balaban J connectivity index is 1.86. The Morgan fingerprint density at radius 2 is 2.38 bits per heavy atom. The minimum absolute atomic E-state index is 0.869. The summed E-state index contributed by atoms with van der Waals surface area (Å²) in [5.74, 6) is 5.34. The standard InChI is InChI=1S/C9H19NS3/c1-11-4-2-3-10-7-9-8-12-5-6-13-9/h9-10H,2-8H2,1H3. The van der Waals surface area contributed by atoms with Gasteiger partial charge in [-0.2, -0.15) is 35.3 Å². The van der Waals surface area contributed by atoms with Gasteiger partial charge in [0.25, 0.3) is 0 Å². The fourth-order valence-corrected chi connectivity index (χ4v) is 4.34. The molecule has 1 nitrogen and oxygen atoms in total. The molecule has 4 heteroatoms. The summed E-state index contributed by atoms with van der Waals surface area (Å²) in [6.45, 7) is 2.41. The van der Waals surface area contributed by atoms with Crippen molar-refractivity contribution in [2.45, 2.75) is 11.7 Å². The zero-order valence-corrected chi connectivity index (χ0v) is 10.7. The average molecular weight is 237 g/mol. The van der Waals surface area contributed by atoms with Gasteiger partial charge in [0.05, 0.1) is 0 Å². The monoisotopic (exact) mass is 237 g/mol. The van der Waals surface area contributed by atoms with Crippen molar-refractivity contribution in [2.24, 2.45) is 0 Å². The molecule has 1 saturated heterocycles. The predicted molar refractivity (Wildman–Crippen MR) is 69.4 cm³/mol. The van der Waals surface area contributed by atoms with Crippen molar-refractivity contribution < 1.29 is 0 Å². The third kappa shape index (κ3) is 6.15. The first-order valence-corrected chi connectivity index (χ1v) is 8.42. The van der Waals surface area contributed by atoms with Crippen LogP contribution in [0.2, 0.25) is 0 Å². The van der Waals surface area contributed by atoms with Gasteiger partial charge in [0.1, 0.15) is 0 Å². The van der Waals surface area contributed by atoms with Crippen molar-refractivity contribution in [3.8, 4) is 0 Å². The van der Waals surface area contributed by atoms with Crippen LogP contribution in [0.3, 0.4) is 0 Å². The minimum Gasteiger partial charge on any atom is -0.316 e. The Bertz CT molecular complexity index is 115. The quantitative estimate of drug-likeness (QED) is 0.710. The molecular formula is C9H19NS3. The molecule has 1 atom stereocenters. The molecule has 1 unspecified atom stereocenters. The molecule has 1 rings (SSSR count). The largest absolute Gasteiger partial charge is 0.316 e. The van der Waals surface area contributed by atoms with Crippen molar-refractivity contribution in [1.29, 1.82) is 0 Å². The molecule has 0 saturated carbocycles. The minimum atomic E-state index is 0.869. The Hall–Kier alpha value is 1.01. The fourth-order valence-electron chi connectivity index (χ4n) is 1.26. The van der Waals surface area contributed by atoms with Crippen LogP contribution in [-0.2, 0) is 0 Å². The van der Waals surface area contributed by atoms with Crippen LogP contribution in [-0.4, -0.2) is 47.6 Å². The molecular weight excluding hydrogens is 218 g/mol. The maximum atomic E-state index is 3.54. The summed E-state index contributed by atoms with van der Waals surface area (Å²) in [4.78, 5) is 0. The fraction of sp³-hybridized carbons (Fsp3) is 1.00. The lowest BCUT2D eigenvalue weighted by Crippen LogP contribution is -2.29. The zero-order chi connectivity index (χ0) is 9.36. The molecule has 0 aromatic carbocycles. The van der Waals surface area contributed by atoms with Gasteiger partial charge >= 0.3 is 0 Å². The van der Waals surface area contributed by atoms with Crippen LogP contribution < -0.4 is 5.32 Å². The van der Waals surface area contributed by atoms with Crippen molar-refractivity contribution in [3.63, 3.8) is 0 Å². The second-order valence-corrected chi connectivity index (χ2v) is 6.66. The molecule has 0 aliphatic carbocycles. The predicted octanol–water partition coefficient (Wildman–Crippen LogP) is 2.18. The molecule has 0 radical (unpaired) electrons. The molecule has 1 N–H and O–H groups in total. The van der Waals surface area contributed by atoms with Gasteiger partial charge in [0.15, 0.2) is 0 Å². The summed E-state index contributed by atoms with van der Waals surface area (Å²) in [6, 6.07) is 0. The Kier molecular flexibility index (Phi) is 7.74. The molecule has 1 aliphatic rings. The summed E-state index contributed by atoms with van der Waals surface area (Å²) in [7, 11) is 0. The van der Waals surface area contributed by atoms with Gasteiger partial charge in [-0.1, -0.05) is 0 Å². The van der Waals surface area contributed by atoms with Crippen LogP contribution in [0.15, 0.2) is 0 Å². The topological polar surface area (TPSA) is 12.0 Å². The number of rotatable bonds is 6. The highest BCUT2D eigenvalue weighted by Crippen LogP contribution is 2.23. The highest BCUT2D eigenvalue weighted by Gasteiger charge is 2.12. The smallest absolute Gasteiger partial charge is 0.0263 e. The lowest BCUT2D eigenvalue weighted by atomic mass is 10.4. The third-order valence-corrected chi connectivity index (χ3v) is 5.50. The Morgan fingerprint density at radius 3 is 3.08 bits per heavy atom.